The predicted molar refractivity (Wildman–Crippen MR) is 73.0 cm³/mol. The standard InChI is InChI=1S/C12H18N2O4S/c1-13(2)4-5-14(7-11(15)16)12(17)10-6-9(18-3)8-19-10/h6,8H,4-5,7H2,1-3H3,(H,15,16). The van der Waals surface area contributed by atoms with Gasteiger partial charge in [0.15, 0.2) is 0 Å². The maximum atomic E-state index is 12.2. The molecule has 0 aromatic carbocycles. The molecule has 1 aromatic heterocycles. The number of carboxylic acids is 1. The third-order valence-electron chi connectivity index (χ3n) is 2.45. The Hall–Kier alpha value is -1.60. The topological polar surface area (TPSA) is 70.1 Å². The average molecular weight is 286 g/mol. The van der Waals surface area contributed by atoms with Crippen LogP contribution in [0.4, 0.5) is 0 Å². The number of hydrogen-bond donors (Lipinski definition) is 1. The number of carboxylic acid groups (broad SMARTS) is 1. The second kappa shape index (κ2) is 7.10. The zero-order valence-corrected chi connectivity index (χ0v) is 12.1. The van der Waals surface area contributed by atoms with E-state index in [1.807, 2.05) is 19.0 Å². The summed E-state index contributed by atoms with van der Waals surface area (Å²) in [5.41, 5.74) is 0. The summed E-state index contributed by atoms with van der Waals surface area (Å²) in [6.07, 6.45) is 0. The fraction of sp³-hybridized carbons (Fsp3) is 0.500. The van der Waals surface area contributed by atoms with Gasteiger partial charge in [-0.1, -0.05) is 0 Å². The van der Waals surface area contributed by atoms with Gasteiger partial charge in [-0.05, 0) is 14.1 Å². The Bertz CT molecular complexity index is 445. The number of thiophene rings is 1. The smallest absolute Gasteiger partial charge is 0.323 e. The van der Waals surface area contributed by atoms with Gasteiger partial charge < -0.3 is 19.6 Å². The number of carbonyl (C=O) groups is 2. The number of ether oxygens (including phenoxy) is 1. The molecule has 0 radical (unpaired) electrons. The van der Waals surface area contributed by atoms with E-state index in [0.717, 1.165) is 0 Å². The molecule has 0 aliphatic rings. The minimum absolute atomic E-state index is 0.280. The number of amides is 1. The minimum atomic E-state index is -1.02. The molecular weight excluding hydrogens is 268 g/mol. The average Bonchev–Trinajstić information content (AvgIpc) is 2.81. The van der Waals surface area contributed by atoms with Gasteiger partial charge in [0.1, 0.15) is 12.3 Å². The molecule has 6 nitrogen and oxygen atoms in total. The first-order valence-electron chi connectivity index (χ1n) is 5.72. The van der Waals surface area contributed by atoms with Crippen molar-refractivity contribution in [3.05, 3.63) is 16.3 Å². The highest BCUT2D eigenvalue weighted by atomic mass is 32.1. The molecule has 0 spiro atoms. The molecule has 1 heterocycles. The van der Waals surface area contributed by atoms with Gasteiger partial charge in [-0.15, -0.1) is 11.3 Å². The summed E-state index contributed by atoms with van der Waals surface area (Å²) < 4.78 is 5.02. The SMILES string of the molecule is COc1csc(C(=O)N(CCN(C)C)CC(=O)O)c1. The number of methoxy groups -OCH3 is 1. The third-order valence-corrected chi connectivity index (χ3v) is 3.35. The van der Waals surface area contributed by atoms with Gasteiger partial charge in [0.25, 0.3) is 5.91 Å². The van der Waals surface area contributed by atoms with Crippen LogP contribution in [0.25, 0.3) is 0 Å². The molecule has 0 unspecified atom stereocenters. The summed E-state index contributed by atoms with van der Waals surface area (Å²) in [5.74, 6) is -0.690. The summed E-state index contributed by atoms with van der Waals surface area (Å²) in [7, 11) is 5.27. The van der Waals surface area contributed by atoms with Crippen LogP contribution in [0.1, 0.15) is 9.67 Å². The quantitative estimate of drug-likeness (QED) is 0.804. The lowest BCUT2D eigenvalue weighted by atomic mass is 10.3. The van der Waals surface area contributed by atoms with E-state index in [-0.39, 0.29) is 12.5 Å². The molecule has 0 atom stereocenters. The van der Waals surface area contributed by atoms with Crippen LogP contribution in [-0.2, 0) is 4.79 Å². The molecule has 0 fully saturated rings. The van der Waals surface area contributed by atoms with Crippen LogP contribution in [0.2, 0.25) is 0 Å². The minimum Gasteiger partial charge on any atom is -0.496 e. The highest BCUT2D eigenvalue weighted by Gasteiger charge is 2.20. The van der Waals surface area contributed by atoms with Crippen molar-refractivity contribution in [1.82, 2.24) is 9.80 Å². The lowest BCUT2D eigenvalue weighted by molar-refractivity contribution is -0.137. The number of likely N-dealkylation sites (N-methyl/N-ethyl adjacent to an activating group) is 1. The normalized spacial score (nSPS) is 10.5. The summed E-state index contributed by atoms with van der Waals surface area (Å²) in [6, 6.07) is 1.62. The van der Waals surface area contributed by atoms with Gasteiger partial charge in [0.05, 0.1) is 12.0 Å². The van der Waals surface area contributed by atoms with Crippen LogP contribution in [-0.4, -0.2) is 67.6 Å². The Morgan fingerprint density at radius 1 is 1.37 bits per heavy atom. The second-order valence-electron chi connectivity index (χ2n) is 4.27. The summed E-state index contributed by atoms with van der Waals surface area (Å²) in [5, 5.41) is 10.6. The largest absolute Gasteiger partial charge is 0.496 e. The number of carbonyl (C=O) groups excluding carboxylic acids is 1. The molecule has 0 aliphatic heterocycles. The van der Waals surface area contributed by atoms with E-state index in [0.29, 0.717) is 23.7 Å². The van der Waals surface area contributed by atoms with Gasteiger partial charge in [-0.2, -0.15) is 0 Å². The molecule has 1 aromatic rings. The van der Waals surface area contributed by atoms with Crippen LogP contribution in [0.3, 0.4) is 0 Å². The van der Waals surface area contributed by atoms with Crippen molar-refractivity contribution < 1.29 is 19.4 Å². The highest BCUT2D eigenvalue weighted by molar-refractivity contribution is 7.12. The Morgan fingerprint density at radius 2 is 2.05 bits per heavy atom. The lowest BCUT2D eigenvalue weighted by Crippen LogP contribution is -2.39. The van der Waals surface area contributed by atoms with Crippen molar-refractivity contribution >= 4 is 23.2 Å². The van der Waals surface area contributed by atoms with E-state index in [1.165, 1.54) is 23.3 Å². The predicted octanol–water partition coefficient (Wildman–Crippen LogP) is 0.845. The van der Waals surface area contributed by atoms with Crippen LogP contribution in [0.5, 0.6) is 5.75 Å². The summed E-state index contributed by atoms with van der Waals surface area (Å²) in [6.45, 7) is 0.687. The number of nitrogens with zero attached hydrogens (tertiary/aromatic N) is 2. The molecule has 19 heavy (non-hydrogen) atoms. The van der Waals surface area contributed by atoms with Crippen molar-refractivity contribution in [3.63, 3.8) is 0 Å². The maximum absolute atomic E-state index is 12.2. The third kappa shape index (κ3) is 4.88. The number of rotatable bonds is 7. The monoisotopic (exact) mass is 286 g/mol. The number of aliphatic carboxylic acids is 1. The molecule has 1 rings (SSSR count). The zero-order chi connectivity index (χ0) is 14.4. The molecule has 1 amide bonds. The Balaban J connectivity index is 2.77. The molecule has 0 aliphatic carbocycles. The maximum Gasteiger partial charge on any atom is 0.323 e. The van der Waals surface area contributed by atoms with E-state index in [1.54, 1.807) is 11.4 Å². The van der Waals surface area contributed by atoms with Crippen LogP contribution in [0, 0.1) is 0 Å². The molecule has 106 valence electrons. The van der Waals surface area contributed by atoms with Crippen molar-refractivity contribution in [2.45, 2.75) is 0 Å². The van der Waals surface area contributed by atoms with E-state index >= 15 is 0 Å². The lowest BCUT2D eigenvalue weighted by Gasteiger charge is -2.22. The van der Waals surface area contributed by atoms with Gasteiger partial charge >= 0.3 is 5.97 Å². The van der Waals surface area contributed by atoms with Crippen molar-refractivity contribution in [2.24, 2.45) is 0 Å². The molecule has 0 saturated heterocycles. The fourth-order valence-electron chi connectivity index (χ4n) is 1.43. The van der Waals surface area contributed by atoms with Crippen LogP contribution < -0.4 is 4.74 Å². The van der Waals surface area contributed by atoms with Gasteiger partial charge in [0.2, 0.25) is 0 Å². The Labute approximate surface area is 116 Å². The number of hydrogen-bond acceptors (Lipinski definition) is 5. The highest BCUT2D eigenvalue weighted by Crippen LogP contribution is 2.22. The molecule has 0 saturated carbocycles. The van der Waals surface area contributed by atoms with Gasteiger partial charge in [0, 0.05) is 24.5 Å². The van der Waals surface area contributed by atoms with Crippen LogP contribution >= 0.6 is 11.3 Å². The van der Waals surface area contributed by atoms with Gasteiger partial charge in [-0.25, -0.2) is 0 Å². The first-order valence-corrected chi connectivity index (χ1v) is 6.60. The van der Waals surface area contributed by atoms with E-state index in [2.05, 4.69) is 0 Å². The molecule has 7 heteroatoms. The van der Waals surface area contributed by atoms with E-state index in [9.17, 15) is 9.59 Å². The Kier molecular flexibility index (Phi) is 5.78. The Morgan fingerprint density at radius 3 is 2.53 bits per heavy atom. The first-order chi connectivity index (χ1) is 8.93. The van der Waals surface area contributed by atoms with E-state index in [4.69, 9.17) is 9.84 Å². The zero-order valence-electron chi connectivity index (χ0n) is 11.3. The van der Waals surface area contributed by atoms with E-state index < -0.39 is 5.97 Å². The van der Waals surface area contributed by atoms with Gasteiger partial charge in [-0.3, -0.25) is 9.59 Å². The van der Waals surface area contributed by atoms with Crippen LogP contribution in [0.15, 0.2) is 11.4 Å². The second-order valence-corrected chi connectivity index (χ2v) is 5.19. The summed E-state index contributed by atoms with van der Waals surface area (Å²) in [4.78, 5) is 26.8. The fourth-order valence-corrected chi connectivity index (χ4v) is 2.25. The van der Waals surface area contributed by atoms with Crippen molar-refractivity contribution in [2.75, 3.05) is 40.8 Å². The van der Waals surface area contributed by atoms with Crippen molar-refractivity contribution in [3.8, 4) is 5.75 Å². The molecule has 0 bridgehead atoms. The summed E-state index contributed by atoms with van der Waals surface area (Å²) >= 11 is 1.25. The van der Waals surface area contributed by atoms with Crippen molar-refractivity contribution in [1.29, 1.82) is 0 Å². The molecule has 1 N–H and O–H groups in total. The first kappa shape index (κ1) is 15.5. The molecular formula is C12H18N2O4S.